The zero-order valence-corrected chi connectivity index (χ0v) is 17.7. The molecule has 7 nitrogen and oxygen atoms in total. The summed E-state index contributed by atoms with van der Waals surface area (Å²) in [7, 11) is 0. The first kappa shape index (κ1) is 21.2. The number of nitrogens with zero attached hydrogens (tertiary/aromatic N) is 4. The minimum atomic E-state index is -0.422. The fourth-order valence-corrected chi connectivity index (χ4v) is 3.36. The molecular weight excluding hydrogens is 409 g/mol. The summed E-state index contributed by atoms with van der Waals surface area (Å²) in [6, 6.07) is 12.3. The molecule has 4 aromatic rings. The molecule has 4 rings (SSSR count). The third-order valence-corrected chi connectivity index (χ3v) is 4.88. The lowest BCUT2D eigenvalue weighted by Crippen LogP contribution is -2.03. The van der Waals surface area contributed by atoms with E-state index in [1.54, 1.807) is 25.3 Å². The second kappa shape index (κ2) is 9.38. The predicted molar refractivity (Wildman–Crippen MR) is 121 cm³/mol. The highest BCUT2D eigenvalue weighted by Crippen LogP contribution is 2.25. The van der Waals surface area contributed by atoms with Crippen molar-refractivity contribution in [1.29, 1.82) is 0 Å². The number of halogens is 1. The number of aromatic nitrogens is 4. The largest absolute Gasteiger partial charge is 0.463 e. The molecule has 2 aromatic carbocycles. The van der Waals surface area contributed by atoms with Crippen LogP contribution in [0.4, 0.5) is 15.9 Å². The summed E-state index contributed by atoms with van der Waals surface area (Å²) in [5, 5.41) is 8.66. The minimum absolute atomic E-state index is 0.265. The molecule has 0 bridgehead atoms. The van der Waals surface area contributed by atoms with Crippen LogP contribution < -0.4 is 5.32 Å². The van der Waals surface area contributed by atoms with Crippen molar-refractivity contribution in [2.45, 2.75) is 20.4 Å². The summed E-state index contributed by atoms with van der Waals surface area (Å²) in [4.78, 5) is 20.2. The van der Waals surface area contributed by atoms with Crippen LogP contribution in [0.1, 0.15) is 23.7 Å². The van der Waals surface area contributed by atoms with Crippen molar-refractivity contribution in [3.8, 4) is 0 Å². The highest BCUT2D eigenvalue weighted by Gasteiger charge is 2.10. The fourth-order valence-electron chi connectivity index (χ4n) is 3.36. The summed E-state index contributed by atoms with van der Waals surface area (Å²) in [5.74, 6) is -0.114. The molecular formula is C24H22FN5O2. The van der Waals surface area contributed by atoms with Crippen LogP contribution in [0, 0.1) is 12.7 Å². The van der Waals surface area contributed by atoms with Gasteiger partial charge in [0.25, 0.3) is 0 Å². The van der Waals surface area contributed by atoms with Gasteiger partial charge in [-0.05, 0) is 55.8 Å². The summed E-state index contributed by atoms with van der Waals surface area (Å²) < 4.78 is 20.3. The number of esters is 1. The van der Waals surface area contributed by atoms with E-state index in [9.17, 15) is 9.18 Å². The van der Waals surface area contributed by atoms with Crippen LogP contribution in [-0.4, -0.2) is 32.3 Å². The standard InChI is InChI=1S/C24H22FN5O2/c1-3-32-23(31)10-8-21-16(2)26-15-27-24(21)29-20-7-9-22-18(12-20)13-28-30(22)14-17-5-4-6-19(25)11-17/h4-13,15H,3,14H2,1-2H3,(H,26,27,29)/b10-8+. The number of nitrogens with one attached hydrogen (secondary N) is 1. The topological polar surface area (TPSA) is 81.9 Å². The molecule has 0 aliphatic heterocycles. The van der Waals surface area contributed by atoms with Gasteiger partial charge >= 0.3 is 5.97 Å². The first-order valence-corrected chi connectivity index (χ1v) is 10.2. The van der Waals surface area contributed by atoms with Crippen LogP contribution in [-0.2, 0) is 16.1 Å². The van der Waals surface area contributed by atoms with E-state index >= 15 is 0 Å². The second-order valence-electron chi connectivity index (χ2n) is 7.14. The Bertz CT molecular complexity index is 1300. The van der Waals surface area contributed by atoms with E-state index in [1.165, 1.54) is 24.5 Å². The smallest absolute Gasteiger partial charge is 0.330 e. The van der Waals surface area contributed by atoms with Crippen LogP contribution >= 0.6 is 0 Å². The van der Waals surface area contributed by atoms with Crippen LogP contribution in [0.15, 0.2) is 61.1 Å². The van der Waals surface area contributed by atoms with E-state index in [4.69, 9.17) is 4.74 Å². The van der Waals surface area contributed by atoms with E-state index in [0.29, 0.717) is 24.5 Å². The molecule has 2 heterocycles. The number of anilines is 2. The van der Waals surface area contributed by atoms with Crippen LogP contribution in [0.2, 0.25) is 0 Å². The predicted octanol–water partition coefficient (Wildman–Crippen LogP) is 4.64. The molecule has 0 saturated carbocycles. The molecule has 0 unspecified atom stereocenters. The number of benzene rings is 2. The number of hydrogen-bond donors (Lipinski definition) is 1. The van der Waals surface area contributed by atoms with Gasteiger partial charge in [-0.15, -0.1) is 0 Å². The van der Waals surface area contributed by atoms with Gasteiger partial charge in [0.1, 0.15) is 18.0 Å². The van der Waals surface area contributed by atoms with E-state index in [2.05, 4.69) is 20.4 Å². The molecule has 0 aliphatic rings. The molecule has 0 spiro atoms. The zero-order chi connectivity index (χ0) is 22.5. The molecule has 2 aromatic heterocycles. The molecule has 162 valence electrons. The normalized spacial score (nSPS) is 11.2. The Labute approximate surface area is 184 Å². The van der Waals surface area contributed by atoms with Crippen molar-refractivity contribution in [1.82, 2.24) is 19.7 Å². The average molecular weight is 431 g/mol. The van der Waals surface area contributed by atoms with Crippen molar-refractivity contribution in [2.24, 2.45) is 0 Å². The Hall–Kier alpha value is -4.07. The number of carbonyl (C=O) groups is 1. The van der Waals surface area contributed by atoms with Crippen molar-refractivity contribution >= 4 is 34.5 Å². The molecule has 0 amide bonds. The molecule has 1 N–H and O–H groups in total. The summed E-state index contributed by atoms with van der Waals surface area (Å²) in [5.41, 5.74) is 4.01. The van der Waals surface area contributed by atoms with Gasteiger partial charge in [0.2, 0.25) is 0 Å². The number of rotatable bonds is 7. The van der Waals surface area contributed by atoms with Gasteiger partial charge in [0.15, 0.2) is 0 Å². The third-order valence-electron chi connectivity index (χ3n) is 4.88. The summed E-state index contributed by atoms with van der Waals surface area (Å²) >= 11 is 0. The fraction of sp³-hybridized carbons (Fsp3) is 0.167. The first-order chi connectivity index (χ1) is 15.5. The molecule has 0 radical (unpaired) electrons. The Morgan fingerprint density at radius 1 is 1.22 bits per heavy atom. The van der Waals surface area contributed by atoms with Crippen molar-refractivity contribution in [2.75, 3.05) is 11.9 Å². The van der Waals surface area contributed by atoms with Gasteiger partial charge in [0.05, 0.1) is 30.6 Å². The minimum Gasteiger partial charge on any atom is -0.463 e. The van der Waals surface area contributed by atoms with Crippen LogP contribution in [0.5, 0.6) is 0 Å². The molecule has 0 saturated heterocycles. The highest BCUT2D eigenvalue weighted by molar-refractivity contribution is 5.89. The van der Waals surface area contributed by atoms with E-state index in [-0.39, 0.29) is 5.82 Å². The van der Waals surface area contributed by atoms with Gasteiger partial charge in [-0.3, -0.25) is 4.68 Å². The molecule has 8 heteroatoms. The Morgan fingerprint density at radius 3 is 2.91 bits per heavy atom. The molecule has 0 aliphatic carbocycles. The lowest BCUT2D eigenvalue weighted by Gasteiger charge is -2.11. The average Bonchev–Trinajstić information content (AvgIpc) is 3.15. The Morgan fingerprint density at radius 2 is 2.09 bits per heavy atom. The Balaban J connectivity index is 1.58. The number of hydrogen-bond acceptors (Lipinski definition) is 6. The molecule has 0 atom stereocenters. The van der Waals surface area contributed by atoms with Gasteiger partial charge in [-0.2, -0.15) is 5.10 Å². The lowest BCUT2D eigenvalue weighted by molar-refractivity contribution is -0.137. The van der Waals surface area contributed by atoms with E-state index in [0.717, 1.165) is 27.8 Å². The maximum absolute atomic E-state index is 13.5. The molecule has 0 fully saturated rings. The van der Waals surface area contributed by atoms with Crippen LogP contribution in [0.3, 0.4) is 0 Å². The number of carbonyl (C=O) groups excluding carboxylic acids is 1. The second-order valence-corrected chi connectivity index (χ2v) is 7.14. The quantitative estimate of drug-likeness (QED) is 0.339. The van der Waals surface area contributed by atoms with Gasteiger partial charge in [-0.1, -0.05) is 12.1 Å². The first-order valence-electron chi connectivity index (χ1n) is 10.2. The summed E-state index contributed by atoms with van der Waals surface area (Å²) in [6.45, 7) is 4.39. The number of fused-ring (bicyclic) bond motifs is 1. The van der Waals surface area contributed by atoms with E-state index in [1.807, 2.05) is 35.9 Å². The van der Waals surface area contributed by atoms with Gasteiger partial charge in [-0.25, -0.2) is 19.2 Å². The van der Waals surface area contributed by atoms with Gasteiger partial charge in [0, 0.05) is 22.7 Å². The van der Waals surface area contributed by atoms with Crippen molar-refractivity contribution < 1.29 is 13.9 Å². The highest BCUT2D eigenvalue weighted by atomic mass is 19.1. The molecule has 32 heavy (non-hydrogen) atoms. The number of aryl methyl sites for hydroxylation is 1. The lowest BCUT2D eigenvalue weighted by atomic mass is 10.2. The SMILES string of the molecule is CCOC(=O)/C=C/c1c(C)ncnc1Nc1ccc2c(cnn2Cc2cccc(F)c2)c1. The van der Waals surface area contributed by atoms with Crippen molar-refractivity contribution in [3.05, 3.63) is 83.7 Å². The van der Waals surface area contributed by atoms with Crippen LogP contribution in [0.25, 0.3) is 17.0 Å². The maximum atomic E-state index is 13.5. The Kier molecular flexibility index (Phi) is 6.21. The van der Waals surface area contributed by atoms with Crippen molar-refractivity contribution in [3.63, 3.8) is 0 Å². The third kappa shape index (κ3) is 4.80. The maximum Gasteiger partial charge on any atom is 0.330 e. The monoisotopic (exact) mass is 431 g/mol. The van der Waals surface area contributed by atoms with Gasteiger partial charge < -0.3 is 10.1 Å². The van der Waals surface area contributed by atoms with E-state index < -0.39 is 5.97 Å². The zero-order valence-electron chi connectivity index (χ0n) is 17.7. The number of ether oxygens (including phenoxy) is 1. The summed E-state index contributed by atoms with van der Waals surface area (Å²) in [6.07, 6.45) is 6.24.